The van der Waals surface area contributed by atoms with Crippen molar-refractivity contribution in [2.75, 3.05) is 33.4 Å². The fourth-order valence-electron chi connectivity index (χ4n) is 3.35. The highest BCUT2D eigenvalue weighted by molar-refractivity contribution is 5.84. The van der Waals surface area contributed by atoms with E-state index < -0.39 is 0 Å². The number of ether oxygens (including phenoxy) is 2. The van der Waals surface area contributed by atoms with Gasteiger partial charge in [0.2, 0.25) is 5.91 Å². The molecule has 0 unspecified atom stereocenters. The van der Waals surface area contributed by atoms with Crippen molar-refractivity contribution < 1.29 is 18.7 Å². The van der Waals surface area contributed by atoms with Gasteiger partial charge in [0, 0.05) is 13.7 Å². The predicted molar refractivity (Wildman–Crippen MR) is 79.8 cm³/mol. The first-order valence-corrected chi connectivity index (χ1v) is 7.80. The zero-order chi connectivity index (χ0) is 15.6. The minimum Gasteiger partial charge on any atom is -0.384 e. The van der Waals surface area contributed by atoms with Crippen LogP contribution in [-0.4, -0.2) is 44.2 Å². The van der Waals surface area contributed by atoms with Crippen molar-refractivity contribution in [3.05, 3.63) is 35.6 Å². The van der Waals surface area contributed by atoms with Gasteiger partial charge in [-0.2, -0.15) is 0 Å². The summed E-state index contributed by atoms with van der Waals surface area (Å²) >= 11 is 0. The number of amides is 1. The van der Waals surface area contributed by atoms with Gasteiger partial charge in [-0.3, -0.25) is 4.79 Å². The van der Waals surface area contributed by atoms with Crippen LogP contribution in [0.3, 0.4) is 0 Å². The molecule has 1 aliphatic heterocycles. The molecular weight excluding hydrogens is 285 g/mol. The number of hydrogen-bond acceptors (Lipinski definition) is 3. The van der Waals surface area contributed by atoms with E-state index in [0.717, 1.165) is 24.8 Å². The Balaban J connectivity index is 1.70. The molecule has 1 aromatic carbocycles. The average molecular weight is 307 g/mol. The van der Waals surface area contributed by atoms with Crippen molar-refractivity contribution in [1.29, 1.82) is 0 Å². The summed E-state index contributed by atoms with van der Waals surface area (Å²) in [4.78, 5) is 14.7. The molecular formula is C17H22FNO3. The van der Waals surface area contributed by atoms with Crippen LogP contribution in [0.5, 0.6) is 0 Å². The smallest absolute Gasteiger partial charge is 0.231 e. The molecule has 22 heavy (non-hydrogen) atoms. The second-order valence-corrected chi connectivity index (χ2v) is 6.23. The summed E-state index contributed by atoms with van der Waals surface area (Å²) in [6.07, 6.45) is 2.70. The number of rotatable bonds is 4. The molecule has 2 fully saturated rings. The zero-order valence-electron chi connectivity index (χ0n) is 12.9. The fourth-order valence-corrected chi connectivity index (χ4v) is 3.35. The molecule has 1 aliphatic carbocycles. The van der Waals surface area contributed by atoms with E-state index in [1.165, 1.54) is 12.1 Å². The largest absolute Gasteiger partial charge is 0.384 e. The molecule has 0 spiro atoms. The molecule has 5 heteroatoms. The van der Waals surface area contributed by atoms with Crippen molar-refractivity contribution >= 4 is 5.91 Å². The number of methoxy groups -OCH3 is 1. The third-order valence-corrected chi connectivity index (χ3v) is 4.78. The van der Waals surface area contributed by atoms with E-state index in [4.69, 9.17) is 9.47 Å². The molecule has 0 radical (unpaired) electrons. The molecule has 1 saturated carbocycles. The summed E-state index contributed by atoms with van der Waals surface area (Å²) in [5.41, 5.74) is 0.577. The lowest BCUT2D eigenvalue weighted by atomic mass is 9.68. The van der Waals surface area contributed by atoms with Crippen LogP contribution < -0.4 is 0 Å². The Hall–Kier alpha value is -1.46. The van der Waals surface area contributed by atoms with Crippen LogP contribution in [0.15, 0.2) is 24.3 Å². The number of carbonyl (C=O) groups is 1. The Bertz CT molecular complexity index is 527. The standard InChI is InChI=1S/C17H22FNO3/c1-21-12-17(7-2-8-17)16(20)19-9-10-22-15(11-19)13-3-5-14(18)6-4-13/h3-6,15H,2,7-12H2,1H3/t15-/m0/s1. The number of hydrogen-bond donors (Lipinski definition) is 0. The summed E-state index contributed by atoms with van der Waals surface area (Å²) in [6.45, 7) is 2.14. The molecule has 120 valence electrons. The minimum atomic E-state index is -0.334. The monoisotopic (exact) mass is 307 g/mol. The summed E-state index contributed by atoms with van der Waals surface area (Å²) in [5, 5.41) is 0. The van der Waals surface area contributed by atoms with Crippen molar-refractivity contribution in [2.24, 2.45) is 5.41 Å². The van der Waals surface area contributed by atoms with Gasteiger partial charge in [0.25, 0.3) is 0 Å². The molecule has 0 N–H and O–H groups in total. The maximum atomic E-state index is 13.0. The molecule has 1 aromatic rings. The van der Waals surface area contributed by atoms with Gasteiger partial charge >= 0.3 is 0 Å². The molecule has 2 aliphatic rings. The van der Waals surface area contributed by atoms with Gasteiger partial charge in [-0.1, -0.05) is 18.6 Å². The molecule has 0 bridgehead atoms. The Kier molecular flexibility index (Phi) is 4.45. The molecule has 3 rings (SSSR count). The normalized spacial score (nSPS) is 23.9. The lowest BCUT2D eigenvalue weighted by Crippen LogP contribution is -2.53. The zero-order valence-corrected chi connectivity index (χ0v) is 12.9. The van der Waals surface area contributed by atoms with E-state index in [0.29, 0.717) is 26.3 Å². The van der Waals surface area contributed by atoms with Crippen LogP contribution in [0.25, 0.3) is 0 Å². The maximum Gasteiger partial charge on any atom is 0.231 e. The van der Waals surface area contributed by atoms with E-state index in [9.17, 15) is 9.18 Å². The molecule has 1 atom stereocenters. The third kappa shape index (κ3) is 2.88. The Labute approximate surface area is 130 Å². The second-order valence-electron chi connectivity index (χ2n) is 6.23. The van der Waals surface area contributed by atoms with Gasteiger partial charge in [0.1, 0.15) is 11.9 Å². The van der Waals surface area contributed by atoms with Crippen LogP contribution in [0.2, 0.25) is 0 Å². The SMILES string of the molecule is COCC1(C(=O)N2CCO[C@H](c3ccc(F)cc3)C2)CCC1. The lowest BCUT2D eigenvalue weighted by Gasteiger charge is -2.45. The first-order valence-electron chi connectivity index (χ1n) is 7.80. The number of carbonyl (C=O) groups excluding carboxylic acids is 1. The van der Waals surface area contributed by atoms with Crippen molar-refractivity contribution in [2.45, 2.75) is 25.4 Å². The molecule has 4 nitrogen and oxygen atoms in total. The van der Waals surface area contributed by atoms with Gasteiger partial charge in [-0.15, -0.1) is 0 Å². The quantitative estimate of drug-likeness (QED) is 0.858. The summed E-state index contributed by atoms with van der Waals surface area (Å²) in [6, 6.07) is 6.31. The number of halogens is 1. The minimum absolute atomic E-state index is 0.177. The summed E-state index contributed by atoms with van der Waals surface area (Å²) in [7, 11) is 1.65. The first-order chi connectivity index (χ1) is 10.6. The molecule has 0 aromatic heterocycles. The van der Waals surface area contributed by atoms with E-state index in [1.54, 1.807) is 19.2 Å². The first kappa shape index (κ1) is 15.4. The highest BCUT2D eigenvalue weighted by atomic mass is 19.1. The topological polar surface area (TPSA) is 38.8 Å². The fraction of sp³-hybridized carbons (Fsp3) is 0.588. The van der Waals surface area contributed by atoms with Crippen LogP contribution in [0.1, 0.15) is 30.9 Å². The van der Waals surface area contributed by atoms with Gasteiger partial charge in [0.05, 0.1) is 25.2 Å². The second kappa shape index (κ2) is 6.34. The lowest BCUT2D eigenvalue weighted by molar-refractivity contribution is -0.159. The van der Waals surface area contributed by atoms with Crippen LogP contribution in [0, 0.1) is 11.2 Å². The molecule has 1 amide bonds. The number of nitrogens with zero attached hydrogens (tertiary/aromatic N) is 1. The van der Waals surface area contributed by atoms with E-state index >= 15 is 0 Å². The number of morpholine rings is 1. The van der Waals surface area contributed by atoms with E-state index in [-0.39, 0.29) is 23.2 Å². The predicted octanol–water partition coefficient (Wildman–Crippen LogP) is 2.54. The third-order valence-electron chi connectivity index (χ3n) is 4.78. The summed E-state index contributed by atoms with van der Waals surface area (Å²) in [5.74, 6) is -0.0861. The van der Waals surface area contributed by atoms with Gasteiger partial charge < -0.3 is 14.4 Å². The maximum absolute atomic E-state index is 13.0. The Morgan fingerprint density at radius 3 is 2.73 bits per heavy atom. The van der Waals surface area contributed by atoms with Crippen LogP contribution >= 0.6 is 0 Å². The van der Waals surface area contributed by atoms with Gasteiger partial charge in [-0.25, -0.2) is 4.39 Å². The molecule has 1 saturated heterocycles. The number of benzene rings is 1. The highest BCUT2D eigenvalue weighted by Crippen LogP contribution is 2.43. The van der Waals surface area contributed by atoms with Gasteiger partial charge in [-0.05, 0) is 30.5 Å². The van der Waals surface area contributed by atoms with Crippen LogP contribution in [-0.2, 0) is 14.3 Å². The van der Waals surface area contributed by atoms with Crippen molar-refractivity contribution in [3.8, 4) is 0 Å². The highest BCUT2D eigenvalue weighted by Gasteiger charge is 2.47. The van der Waals surface area contributed by atoms with Crippen LogP contribution in [0.4, 0.5) is 4.39 Å². The van der Waals surface area contributed by atoms with Crippen molar-refractivity contribution in [3.63, 3.8) is 0 Å². The molecule has 1 heterocycles. The Morgan fingerprint density at radius 2 is 2.14 bits per heavy atom. The summed E-state index contributed by atoms with van der Waals surface area (Å²) < 4.78 is 24.1. The van der Waals surface area contributed by atoms with E-state index in [1.807, 2.05) is 4.90 Å². The van der Waals surface area contributed by atoms with Crippen molar-refractivity contribution in [1.82, 2.24) is 4.90 Å². The van der Waals surface area contributed by atoms with E-state index in [2.05, 4.69) is 0 Å². The average Bonchev–Trinajstić information content (AvgIpc) is 2.51. The van der Waals surface area contributed by atoms with Gasteiger partial charge in [0.15, 0.2) is 0 Å². The Morgan fingerprint density at radius 1 is 1.41 bits per heavy atom.